The van der Waals surface area contributed by atoms with Gasteiger partial charge in [0.2, 0.25) is 0 Å². The van der Waals surface area contributed by atoms with Crippen molar-refractivity contribution in [1.82, 2.24) is 5.32 Å². The van der Waals surface area contributed by atoms with Gasteiger partial charge in [0.15, 0.2) is 11.6 Å². The van der Waals surface area contributed by atoms with Gasteiger partial charge in [0, 0.05) is 6.07 Å². The summed E-state index contributed by atoms with van der Waals surface area (Å²) in [6.07, 6.45) is 2.61. The van der Waals surface area contributed by atoms with Crippen LogP contribution in [0.15, 0.2) is 12.1 Å². The summed E-state index contributed by atoms with van der Waals surface area (Å²) in [5, 5.41) is 3.26. The second kappa shape index (κ2) is 5.45. The number of hydrogen-bond donors (Lipinski definition) is 1. The first-order valence-corrected chi connectivity index (χ1v) is 5.93. The highest BCUT2D eigenvalue weighted by Gasteiger charge is 2.18. The van der Waals surface area contributed by atoms with Crippen LogP contribution >= 0.6 is 0 Å². The zero-order valence-corrected chi connectivity index (χ0v) is 9.93. The summed E-state index contributed by atoms with van der Waals surface area (Å²) in [6, 6.07) is 2.36. The Hall–Kier alpha value is -1.16. The normalized spacial score (nSPS) is 17.1. The van der Waals surface area contributed by atoms with Gasteiger partial charge in [0.05, 0.1) is 7.11 Å². The number of hydrogen-bond acceptors (Lipinski definition) is 2. The van der Waals surface area contributed by atoms with E-state index in [1.165, 1.54) is 13.2 Å². The van der Waals surface area contributed by atoms with Crippen LogP contribution in [-0.4, -0.2) is 20.2 Å². The number of rotatable bonds is 3. The summed E-state index contributed by atoms with van der Waals surface area (Å²) >= 11 is 0. The van der Waals surface area contributed by atoms with Crippen molar-refractivity contribution in [3.05, 3.63) is 29.3 Å². The van der Waals surface area contributed by atoms with Crippen molar-refractivity contribution in [2.24, 2.45) is 5.92 Å². The van der Waals surface area contributed by atoms with Gasteiger partial charge in [0.25, 0.3) is 0 Å². The quantitative estimate of drug-likeness (QED) is 0.878. The van der Waals surface area contributed by atoms with Crippen LogP contribution in [0, 0.1) is 17.6 Å². The van der Waals surface area contributed by atoms with Crippen LogP contribution in [0.2, 0.25) is 0 Å². The molecule has 0 aromatic heterocycles. The number of halogens is 2. The van der Waals surface area contributed by atoms with Crippen molar-refractivity contribution in [2.45, 2.75) is 19.3 Å². The highest BCUT2D eigenvalue weighted by atomic mass is 19.1. The molecule has 1 aliphatic rings. The molecule has 1 N–H and O–H groups in total. The molecule has 1 aliphatic heterocycles. The summed E-state index contributed by atoms with van der Waals surface area (Å²) in [5.74, 6) is -0.439. The Balaban J connectivity index is 2.16. The average Bonchev–Trinajstić information content (AvgIpc) is 2.34. The molecule has 1 aromatic carbocycles. The second-order valence-electron chi connectivity index (χ2n) is 4.48. The van der Waals surface area contributed by atoms with Crippen molar-refractivity contribution in [1.29, 1.82) is 0 Å². The lowest BCUT2D eigenvalue weighted by atomic mass is 9.90. The molecule has 0 saturated carbocycles. The van der Waals surface area contributed by atoms with E-state index in [2.05, 4.69) is 5.32 Å². The van der Waals surface area contributed by atoms with Gasteiger partial charge in [-0.3, -0.25) is 0 Å². The van der Waals surface area contributed by atoms with Crippen molar-refractivity contribution in [2.75, 3.05) is 20.2 Å². The molecule has 17 heavy (non-hydrogen) atoms. The van der Waals surface area contributed by atoms with E-state index in [4.69, 9.17) is 4.74 Å². The second-order valence-corrected chi connectivity index (χ2v) is 4.48. The molecular formula is C13H17F2NO. The molecule has 4 heteroatoms. The summed E-state index contributed by atoms with van der Waals surface area (Å²) in [7, 11) is 1.35. The van der Waals surface area contributed by atoms with E-state index >= 15 is 0 Å². The zero-order valence-electron chi connectivity index (χ0n) is 9.93. The lowest BCUT2D eigenvalue weighted by Gasteiger charge is -2.23. The predicted molar refractivity (Wildman–Crippen MR) is 62.2 cm³/mol. The number of piperidine rings is 1. The topological polar surface area (TPSA) is 21.3 Å². The van der Waals surface area contributed by atoms with E-state index in [-0.39, 0.29) is 5.75 Å². The largest absolute Gasteiger partial charge is 0.494 e. The Kier molecular flexibility index (Phi) is 3.94. The van der Waals surface area contributed by atoms with E-state index in [0.29, 0.717) is 17.9 Å². The lowest BCUT2D eigenvalue weighted by molar-refractivity contribution is 0.356. The summed E-state index contributed by atoms with van der Waals surface area (Å²) in [4.78, 5) is 0. The van der Waals surface area contributed by atoms with Crippen molar-refractivity contribution in [3.63, 3.8) is 0 Å². The monoisotopic (exact) mass is 241 g/mol. The molecule has 0 unspecified atom stereocenters. The van der Waals surface area contributed by atoms with Crippen molar-refractivity contribution < 1.29 is 13.5 Å². The Morgan fingerprint density at radius 1 is 1.29 bits per heavy atom. The summed E-state index contributed by atoms with van der Waals surface area (Å²) in [6.45, 7) is 1.91. The van der Waals surface area contributed by atoms with E-state index < -0.39 is 11.6 Å². The Morgan fingerprint density at radius 3 is 2.65 bits per heavy atom. The van der Waals surface area contributed by atoms with Crippen LogP contribution in [0.25, 0.3) is 0 Å². The third-order valence-electron chi connectivity index (χ3n) is 3.27. The summed E-state index contributed by atoms with van der Waals surface area (Å²) in [5.41, 5.74) is 0.425. The van der Waals surface area contributed by atoms with Gasteiger partial charge in [-0.05, 0) is 49.9 Å². The van der Waals surface area contributed by atoms with E-state index in [9.17, 15) is 8.78 Å². The summed E-state index contributed by atoms with van der Waals surface area (Å²) < 4.78 is 32.0. The number of ether oxygens (including phenoxy) is 1. The fourth-order valence-corrected chi connectivity index (χ4v) is 2.31. The molecule has 0 spiro atoms. The molecule has 0 aliphatic carbocycles. The molecule has 0 amide bonds. The Bertz CT molecular complexity index is 389. The highest BCUT2D eigenvalue weighted by Crippen LogP contribution is 2.26. The minimum Gasteiger partial charge on any atom is -0.494 e. The molecule has 1 fully saturated rings. The zero-order chi connectivity index (χ0) is 12.3. The average molecular weight is 241 g/mol. The van der Waals surface area contributed by atoms with Gasteiger partial charge in [-0.2, -0.15) is 0 Å². The van der Waals surface area contributed by atoms with Crippen LogP contribution in [0.5, 0.6) is 5.75 Å². The molecular weight excluding hydrogens is 224 g/mol. The minimum absolute atomic E-state index is 0.00562. The van der Waals surface area contributed by atoms with Crippen LogP contribution in [0.4, 0.5) is 8.78 Å². The van der Waals surface area contributed by atoms with Crippen LogP contribution in [-0.2, 0) is 6.42 Å². The Labute approximate surface area is 100.0 Å². The van der Waals surface area contributed by atoms with Crippen LogP contribution < -0.4 is 10.1 Å². The number of nitrogens with one attached hydrogen (secondary N) is 1. The van der Waals surface area contributed by atoms with Crippen LogP contribution in [0.1, 0.15) is 18.4 Å². The maximum atomic E-state index is 13.9. The fourth-order valence-electron chi connectivity index (χ4n) is 2.31. The first-order chi connectivity index (χ1) is 8.20. The third kappa shape index (κ3) is 2.94. The van der Waals surface area contributed by atoms with Crippen LogP contribution in [0.3, 0.4) is 0 Å². The molecule has 0 bridgehead atoms. The van der Waals surface area contributed by atoms with Gasteiger partial charge >= 0.3 is 0 Å². The maximum absolute atomic E-state index is 13.9. The van der Waals surface area contributed by atoms with Gasteiger partial charge in [0.1, 0.15) is 5.82 Å². The molecule has 1 aromatic rings. The highest BCUT2D eigenvalue weighted by molar-refractivity contribution is 5.32. The molecule has 1 saturated heterocycles. The number of benzene rings is 1. The molecule has 1 heterocycles. The smallest absolute Gasteiger partial charge is 0.168 e. The third-order valence-corrected chi connectivity index (χ3v) is 3.27. The van der Waals surface area contributed by atoms with E-state index in [1.807, 2.05) is 0 Å². The van der Waals surface area contributed by atoms with Gasteiger partial charge < -0.3 is 10.1 Å². The van der Waals surface area contributed by atoms with Crippen molar-refractivity contribution >= 4 is 0 Å². The molecule has 0 radical (unpaired) electrons. The fraction of sp³-hybridized carbons (Fsp3) is 0.538. The Morgan fingerprint density at radius 2 is 2.00 bits per heavy atom. The number of methoxy groups -OCH3 is 1. The molecule has 94 valence electrons. The van der Waals surface area contributed by atoms with Gasteiger partial charge in [-0.15, -0.1) is 0 Å². The van der Waals surface area contributed by atoms with E-state index in [0.717, 1.165) is 32.0 Å². The van der Waals surface area contributed by atoms with Gasteiger partial charge in [-0.1, -0.05) is 0 Å². The first-order valence-electron chi connectivity index (χ1n) is 5.93. The SMILES string of the molecule is COc1cc(F)cc(CC2CCNCC2)c1F. The lowest BCUT2D eigenvalue weighted by Crippen LogP contribution is -2.28. The van der Waals surface area contributed by atoms with E-state index in [1.54, 1.807) is 0 Å². The molecule has 2 nitrogen and oxygen atoms in total. The minimum atomic E-state index is -0.438. The molecule has 2 rings (SSSR count). The predicted octanol–water partition coefficient (Wildman–Crippen LogP) is 2.52. The molecule has 0 atom stereocenters. The standard InChI is InChI=1S/C13H17F2NO/c1-17-12-8-11(14)7-10(13(12)15)6-9-2-4-16-5-3-9/h7-9,16H,2-6H2,1H3. The first kappa shape index (κ1) is 12.3. The van der Waals surface area contributed by atoms with Crippen molar-refractivity contribution in [3.8, 4) is 5.75 Å². The van der Waals surface area contributed by atoms with Gasteiger partial charge in [-0.25, -0.2) is 8.78 Å². The maximum Gasteiger partial charge on any atom is 0.168 e.